The van der Waals surface area contributed by atoms with Crippen molar-refractivity contribution in [2.24, 2.45) is 0 Å². The molecule has 2 aliphatic rings. The second-order valence-corrected chi connectivity index (χ2v) is 9.07. The summed E-state index contributed by atoms with van der Waals surface area (Å²) in [5.41, 5.74) is 3.20. The van der Waals surface area contributed by atoms with E-state index in [9.17, 15) is 14.4 Å². The van der Waals surface area contributed by atoms with Crippen molar-refractivity contribution in [3.05, 3.63) is 59.7 Å². The SMILES string of the molecule is CC(C)N(CCC(=O)O)C(=O)C1(NC(=O)OCC2c3ccccc3-c3ccccc32)CCOC1. The molecule has 8 heteroatoms. The summed E-state index contributed by atoms with van der Waals surface area (Å²) in [7, 11) is 0. The molecule has 1 unspecified atom stereocenters. The van der Waals surface area contributed by atoms with E-state index in [2.05, 4.69) is 17.4 Å². The van der Waals surface area contributed by atoms with E-state index >= 15 is 0 Å². The Morgan fingerprint density at radius 1 is 1.12 bits per heavy atom. The van der Waals surface area contributed by atoms with Gasteiger partial charge < -0.3 is 24.8 Å². The summed E-state index contributed by atoms with van der Waals surface area (Å²) >= 11 is 0. The molecule has 2 N–H and O–H groups in total. The molecule has 1 aliphatic heterocycles. The van der Waals surface area contributed by atoms with Gasteiger partial charge >= 0.3 is 12.1 Å². The summed E-state index contributed by atoms with van der Waals surface area (Å²) in [6, 6.07) is 15.9. The number of benzene rings is 2. The van der Waals surface area contributed by atoms with Gasteiger partial charge in [-0.1, -0.05) is 48.5 Å². The van der Waals surface area contributed by atoms with Crippen molar-refractivity contribution in [2.45, 2.75) is 44.2 Å². The van der Waals surface area contributed by atoms with E-state index in [4.69, 9.17) is 14.6 Å². The Hall–Kier alpha value is -3.39. The van der Waals surface area contributed by atoms with Crippen molar-refractivity contribution in [3.8, 4) is 11.1 Å². The molecule has 2 amide bonds. The maximum atomic E-state index is 13.4. The van der Waals surface area contributed by atoms with Crippen LogP contribution in [0.5, 0.6) is 0 Å². The fraction of sp³-hybridized carbons (Fsp3) is 0.423. The standard InChI is InChI=1S/C26H30N2O6/c1-17(2)28(13-11-23(29)30)24(31)26(12-14-33-16-26)27-25(32)34-15-22-20-9-5-3-7-18(20)19-8-4-6-10-21(19)22/h3-10,17,22H,11-16H2,1-2H3,(H,27,32)(H,29,30). The number of rotatable bonds is 8. The predicted molar refractivity (Wildman–Crippen MR) is 125 cm³/mol. The number of ether oxygens (including phenoxy) is 2. The maximum Gasteiger partial charge on any atom is 0.408 e. The average Bonchev–Trinajstić information content (AvgIpc) is 3.41. The van der Waals surface area contributed by atoms with Crippen molar-refractivity contribution in [1.29, 1.82) is 0 Å². The van der Waals surface area contributed by atoms with Gasteiger partial charge in [0.05, 0.1) is 13.0 Å². The van der Waals surface area contributed by atoms with Crippen molar-refractivity contribution in [2.75, 3.05) is 26.4 Å². The number of carboxylic acids is 1. The lowest BCUT2D eigenvalue weighted by molar-refractivity contribution is -0.142. The van der Waals surface area contributed by atoms with E-state index < -0.39 is 17.6 Å². The summed E-state index contributed by atoms with van der Waals surface area (Å²) < 4.78 is 11.1. The zero-order valence-electron chi connectivity index (χ0n) is 19.5. The molecule has 1 saturated heterocycles. The first-order chi connectivity index (χ1) is 16.3. The van der Waals surface area contributed by atoms with Gasteiger partial charge in [0.1, 0.15) is 12.1 Å². The zero-order chi connectivity index (χ0) is 24.3. The third-order valence-electron chi connectivity index (χ3n) is 6.57. The van der Waals surface area contributed by atoms with E-state index in [1.54, 1.807) is 0 Å². The molecule has 0 aromatic heterocycles. The Labute approximate surface area is 198 Å². The highest BCUT2D eigenvalue weighted by Crippen LogP contribution is 2.44. The Bertz CT molecular complexity index is 1030. The molecular formula is C26H30N2O6. The van der Waals surface area contributed by atoms with Gasteiger partial charge in [-0.15, -0.1) is 0 Å². The second kappa shape index (κ2) is 9.85. The van der Waals surface area contributed by atoms with Crippen LogP contribution in [0.3, 0.4) is 0 Å². The Morgan fingerprint density at radius 2 is 1.74 bits per heavy atom. The van der Waals surface area contributed by atoms with Crippen LogP contribution in [0.4, 0.5) is 4.79 Å². The number of nitrogens with one attached hydrogen (secondary N) is 1. The van der Waals surface area contributed by atoms with E-state index in [0.29, 0.717) is 13.0 Å². The third kappa shape index (κ3) is 4.63. The monoisotopic (exact) mass is 466 g/mol. The number of hydrogen-bond acceptors (Lipinski definition) is 5. The minimum Gasteiger partial charge on any atom is -0.481 e. The Kier molecular flexibility index (Phi) is 6.88. The first-order valence-electron chi connectivity index (χ1n) is 11.6. The van der Waals surface area contributed by atoms with Crippen LogP contribution in [0.2, 0.25) is 0 Å². The van der Waals surface area contributed by atoms with Crippen LogP contribution in [0.15, 0.2) is 48.5 Å². The number of aliphatic carboxylic acids is 1. The van der Waals surface area contributed by atoms with Crippen LogP contribution >= 0.6 is 0 Å². The Morgan fingerprint density at radius 3 is 2.26 bits per heavy atom. The lowest BCUT2D eigenvalue weighted by Crippen LogP contribution is -2.61. The molecule has 34 heavy (non-hydrogen) atoms. The van der Waals surface area contributed by atoms with Crippen LogP contribution in [0.1, 0.15) is 43.7 Å². The molecule has 0 saturated carbocycles. The van der Waals surface area contributed by atoms with E-state index in [-0.39, 0.29) is 44.0 Å². The van der Waals surface area contributed by atoms with Crippen molar-refractivity contribution in [3.63, 3.8) is 0 Å². The highest BCUT2D eigenvalue weighted by molar-refractivity contribution is 5.91. The van der Waals surface area contributed by atoms with Crippen molar-refractivity contribution >= 4 is 18.0 Å². The van der Waals surface area contributed by atoms with Gasteiger partial charge in [-0.2, -0.15) is 0 Å². The molecule has 1 aliphatic carbocycles. The van der Waals surface area contributed by atoms with Crippen LogP contribution < -0.4 is 5.32 Å². The molecule has 0 spiro atoms. The molecular weight excluding hydrogens is 436 g/mol. The van der Waals surface area contributed by atoms with Crippen LogP contribution in [-0.4, -0.2) is 65.9 Å². The number of alkyl carbamates (subject to hydrolysis) is 1. The number of nitrogens with zero attached hydrogens (tertiary/aromatic N) is 1. The highest BCUT2D eigenvalue weighted by Gasteiger charge is 2.47. The summed E-state index contributed by atoms with van der Waals surface area (Å²) in [5, 5.41) is 11.8. The number of fused-ring (bicyclic) bond motifs is 3. The van der Waals surface area contributed by atoms with Gasteiger partial charge in [0.15, 0.2) is 0 Å². The van der Waals surface area contributed by atoms with Gasteiger partial charge in [0, 0.05) is 31.5 Å². The molecule has 4 rings (SSSR count). The number of hydrogen-bond donors (Lipinski definition) is 2. The third-order valence-corrected chi connectivity index (χ3v) is 6.57. The van der Waals surface area contributed by atoms with Gasteiger partial charge in [0.25, 0.3) is 5.91 Å². The van der Waals surface area contributed by atoms with Crippen LogP contribution in [0, 0.1) is 0 Å². The summed E-state index contributed by atoms with van der Waals surface area (Å²) in [6.45, 7) is 4.16. The Balaban J connectivity index is 1.47. The second-order valence-electron chi connectivity index (χ2n) is 9.07. The molecule has 1 fully saturated rings. The lowest BCUT2D eigenvalue weighted by Gasteiger charge is -2.36. The van der Waals surface area contributed by atoms with E-state index in [1.807, 2.05) is 50.2 Å². The lowest BCUT2D eigenvalue weighted by atomic mass is 9.95. The molecule has 1 atom stereocenters. The maximum absolute atomic E-state index is 13.4. The van der Waals surface area contributed by atoms with Crippen LogP contribution in [-0.2, 0) is 19.1 Å². The van der Waals surface area contributed by atoms with Crippen molar-refractivity contribution < 1.29 is 29.0 Å². The summed E-state index contributed by atoms with van der Waals surface area (Å²) in [6.07, 6.45) is -0.569. The molecule has 0 radical (unpaired) electrons. The molecule has 1 heterocycles. The normalized spacial score (nSPS) is 18.9. The van der Waals surface area contributed by atoms with Gasteiger partial charge in [-0.3, -0.25) is 9.59 Å². The van der Waals surface area contributed by atoms with Crippen molar-refractivity contribution in [1.82, 2.24) is 10.2 Å². The number of carboxylic acid groups (broad SMARTS) is 1. The average molecular weight is 467 g/mol. The molecule has 8 nitrogen and oxygen atoms in total. The topological polar surface area (TPSA) is 105 Å². The van der Waals surface area contributed by atoms with Gasteiger partial charge in [0.2, 0.25) is 0 Å². The first-order valence-corrected chi connectivity index (χ1v) is 11.6. The van der Waals surface area contributed by atoms with Gasteiger partial charge in [-0.25, -0.2) is 4.79 Å². The number of amides is 2. The molecule has 180 valence electrons. The first kappa shape index (κ1) is 23.8. The van der Waals surface area contributed by atoms with Gasteiger partial charge in [-0.05, 0) is 36.1 Å². The molecule has 0 bridgehead atoms. The summed E-state index contributed by atoms with van der Waals surface area (Å²) in [5.74, 6) is -1.43. The summed E-state index contributed by atoms with van der Waals surface area (Å²) in [4.78, 5) is 38.9. The number of carbonyl (C=O) groups is 3. The minimum atomic E-state index is -1.27. The minimum absolute atomic E-state index is 0.0202. The molecule has 2 aromatic carbocycles. The number of carbonyl (C=O) groups excluding carboxylic acids is 2. The van der Waals surface area contributed by atoms with E-state index in [1.165, 1.54) is 4.90 Å². The smallest absolute Gasteiger partial charge is 0.408 e. The zero-order valence-corrected chi connectivity index (χ0v) is 19.5. The molecule has 2 aromatic rings. The fourth-order valence-electron chi connectivity index (χ4n) is 4.80. The fourth-order valence-corrected chi connectivity index (χ4v) is 4.80. The largest absolute Gasteiger partial charge is 0.481 e. The predicted octanol–water partition coefficient (Wildman–Crippen LogP) is 3.40. The quantitative estimate of drug-likeness (QED) is 0.618. The van der Waals surface area contributed by atoms with E-state index in [0.717, 1.165) is 22.3 Å². The highest BCUT2D eigenvalue weighted by atomic mass is 16.6. The van der Waals surface area contributed by atoms with Crippen LogP contribution in [0.25, 0.3) is 11.1 Å².